The zero-order valence-electron chi connectivity index (χ0n) is 15.2. The Balaban J connectivity index is 1.63. The second kappa shape index (κ2) is 8.98. The van der Waals surface area contributed by atoms with Crippen LogP contribution in [0.4, 0.5) is 0 Å². The smallest absolute Gasteiger partial charge is 0.336 e. The van der Waals surface area contributed by atoms with Gasteiger partial charge in [0.05, 0.1) is 0 Å². The van der Waals surface area contributed by atoms with E-state index in [4.69, 9.17) is 9.15 Å². The molecule has 6 heteroatoms. The summed E-state index contributed by atoms with van der Waals surface area (Å²) in [5, 5.41) is 3.68. The number of aromatic nitrogens is 1. The number of rotatable bonds is 8. The Morgan fingerprint density at radius 3 is 2.78 bits per heavy atom. The first-order valence-electron chi connectivity index (χ1n) is 9.01. The van der Waals surface area contributed by atoms with Crippen LogP contribution in [0.3, 0.4) is 0 Å². The van der Waals surface area contributed by atoms with Crippen LogP contribution in [-0.2, 0) is 17.8 Å². The van der Waals surface area contributed by atoms with Crippen molar-refractivity contribution in [1.82, 2.24) is 10.3 Å². The number of amides is 1. The van der Waals surface area contributed by atoms with Gasteiger partial charge in [-0.2, -0.15) is 0 Å². The molecule has 0 fully saturated rings. The number of hydrogen-bond donors (Lipinski definition) is 1. The Bertz CT molecular complexity index is 967. The predicted molar refractivity (Wildman–Crippen MR) is 103 cm³/mol. The number of nitrogens with zero attached hydrogens (tertiary/aromatic N) is 1. The number of unbranched alkanes of at least 4 members (excludes halogenated alkanes) is 1. The third-order valence-corrected chi connectivity index (χ3v) is 4.21. The van der Waals surface area contributed by atoms with Crippen LogP contribution >= 0.6 is 0 Å². The molecule has 0 radical (unpaired) electrons. The molecule has 27 heavy (non-hydrogen) atoms. The third-order valence-electron chi connectivity index (χ3n) is 4.21. The number of pyridine rings is 1. The molecule has 3 aromatic rings. The average Bonchev–Trinajstić information content (AvgIpc) is 2.69. The van der Waals surface area contributed by atoms with E-state index in [-0.39, 0.29) is 18.1 Å². The van der Waals surface area contributed by atoms with Gasteiger partial charge in [0.2, 0.25) is 0 Å². The Labute approximate surface area is 157 Å². The Hall–Kier alpha value is -3.15. The van der Waals surface area contributed by atoms with Crippen LogP contribution in [0.5, 0.6) is 5.75 Å². The van der Waals surface area contributed by atoms with E-state index >= 15 is 0 Å². The highest BCUT2D eigenvalue weighted by molar-refractivity contribution is 5.82. The molecule has 1 amide bonds. The van der Waals surface area contributed by atoms with Gasteiger partial charge in [0.25, 0.3) is 5.91 Å². The van der Waals surface area contributed by atoms with Crippen molar-refractivity contribution in [3.8, 4) is 5.75 Å². The fourth-order valence-corrected chi connectivity index (χ4v) is 2.78. The minimum atomic E-state index is -0.374. The highest BCUT2D eigenvalue weighted by Gasteiger charge is 2.08. The van der Waals surface area contributed by atoms with Crippen molar-refractivity contribution in [2.75, 3.05) is 6.61 Å². The highest BCUT2D eigenvalue weighted by Crippen LogP contribution is 2.23. The van der Waals surface area contributed by atoms with Crippen LogP contribution in [0.2, 0.25) is 0 Å². The van der Waals surface area contributed by atoms with E-state index < -0.39 is 0 Å². The molecule has 1 N–H and O–H groups in total. The first-order valence-corrected chi connectivity index (χ1v) is 9.01. The molecule has 0 unspecified atom stereocenters. The molecule has 140 valence electrons. The van der Waals surface area contributed by atoms with Gasteiger partial charge in [0.15, 0.2) is 6.61 Å². The molecule has 0 aliphatic heterocycles. The lowest BCUT2D eigenvalue weighted by molar-refractivity contribution is -0.123. The molecule has 0 saturated carbocycles. The van der Waals surface area contributed by atoms with E-state index in [1.165, 1.54) is 0 Å². The van der Waals surface area contributed by atoms with Crippen molar-refractivity contribution in [2.45, 2.75) is 32.7 Å². The Morgan fingerprint density at radius 1 is 1.19 bits per heavy atom. The van der Waals surface area contributed by atoms with E-state index in [9.17, 15) is 9.59 Å². The van der Waals surface area contributed by atoms with Gasteiger partial charge in [-0.3, -0.25) is 9.78 Å². The van der Waals surface area contributed by atoms with Crippen molar-refractivity contribution in [1.29, 1.82) is 0 Å². The van der Waals surface area contributed by atoms with Crippen LogP contribution in [0.1, 0.15) is 30.9 Å². The number of aryl methyl sites for hydroxylation is 1. The largest absolute Gasteiger partial charge is 0.484 e. The third kappa shape index (κ3) is 5.17. The number of nitrogens with one attached hydrogen (secondary N) is 1. The maximum atomic E-state index is 12.0. The van der Waals surface area contributed by atoms with Gasteiger partial charge in [-0.05, 0) is 48.2 Å². The van der Waals surface area contributed by atoms with E-state index in [1.807, 2.05) is 18.2 Å². The van der Waals surface area contributed by atoms with Crippen LogP contribution in [0.25, 0.3) is 11.0 Å². The number of fused-ring (bicyclic) bond motifs is 1. The number of carbonyl (C=O) groups excluding carboxylic acids is 1. The summed E-state index contributed by atoms with van der Waals surface area (Å²) in [5.41, 5.74) is 2.04. The van der Waals surface area contributed by atoms with Gasteiger partial charge in [-0.1, -0.05) is 13.3 Å². The van der Waals surface area contributed by atoms with E-state index in [0.717, 1.165) is 35.8 Å². The lowest BCUT2D eigenvalue weighted by atomic mass is 10.0. The first-order chi connectivity index (χ1) is 13.2. The van der Waals surface area contributed by atoms with Gasteiger partial charge in [0.1, 0.15) is 11.3 Å². The fourth-order valence-electron chi connectivity index (χ4n) is 2.78. The number of carbonyl (C=O) groups is 1. The minimum Gasteiger partial charge on any atom is -0.484 e. The monoisotopic (exact) mass is 366 g/mol. The zero-order valence-corrected chi connectivity index (χ0v) is 15.2. The van der Waals surface area contributed by atoms with Crippen molar-refractivity contribution < 1.29 is 13.9 Å². The molecule has 0 aliphatic rings. The predicted octanol–water partition coefficient (Wildman–Crippen LogP) is 3.23. The summed E-state index contributed by atoms with van der Waals surface area (Å²) < 4.78 is 10.8. The van der Waals surface area contributed by atoms with Crippen LogP contribution in [0, 0.1) is 0 Å². The normalized spacial score (nSPS) is 10.7. The van der Waals surface area contributed by atoms with Crippen LogP contribution in [0.15, 0.2) is 58.0 Å². The van der Waals surface area contributed by atoms with Gasteiger partial charge in [-0.25, -0.2) is 4.79 Å². The summed E-state index contributed by atoms with van der Waals surface area (Å²) in [6, 6.07) is 10.5. The summed E-state index contributed by atoms with van der Waals surface area (Å²) in [7, 11) is 0. The maximum Gasteiger partial charge on any atom is 0.336 e. The molecule has 6 nitrogen and oxygen atoms in total. The second-order valence-electron chi connectivity index (χ2n) is 6.27. The van der Waals surface area contributed by atoms with E-state index in [0.29, 0.717) is 17.9 Å². The maximum absolute atomic E-state index is 12.0. The Morgan fingerprint density at radius 2 is 2.00 bits per heavy atom. The van der Waals surface area contributed by atoms with E-state index in [1.54, 1.807) is 30.6 Å². The SMILES string of the molecule is CCCCc1cc(=O)oc2cc(OCC(=O)NCc3ccncc3)ccc12. The number of hydrogen-bond acceptors (Lipinski definition) is 5. The summed E-state index contributed by atoms with van der Waals surface area (Å²) in [5.74, 6) is 0.252. The molecule has 0 spiro atoms. The average molecular weight is 366 g/mol. The van der Waals surface area contributed by atoms with Gasteiger partial charge < -0.3 is 14.5 Å². The molecule has 2 aromatic heterocycles. The number of ether oxygens (including phenoxy) is 1. The van der Waals surface area contributed by atoms with E-state index in [2.05, 4.69) is 17.2 Å². The fraction of sp³-hybridized carbons (Fsp3) is 0.286. The summed E-state index contributed by atoms with van der Waals surface area (Å²) >= 11 is 0. The molecule has 0 aliphatic carbocycles. The number of benzene rings is 1. The molecule has 0 atom stereocenters. The highest BCUT2D eigenvalue weighted by atomic mass is 16.5. The van der Waals surface area contributed by atoms with Crippen LogP contribution in [-0.4, -0.2) is 17.5 Å². The van der Waals surface area contributed by atoms with Gasteiger partial charge in [-0.15, -0.1) is 0 Å². The topological polar surface area (TPSA) is 81.4 Å². The Kier molecular flexibility index (Phi) is 6.20. The van der Waals surface area contributed by atoms with Gasteiger partial charge in [0, 0.05) is 36.5 Å². The summed E-state index contributed by atoms with van der Waals surface area (Å²) in [6.07, 6.45) is 6.24. The van der Waals surface area contributed by atoms with Crippen molar-refractivity contribution >= 4 is 16.9 Å². The molecule has 3 rings (SSSR count). The molecule has 2 heterocycles. The summed E-state index contributed by atoms with van der Waals surface area (Å²) in [4.78, 5) is 27.7. The second-order valence-corrected chi connectivity index (χ2v) is 6.27. The lowest BCUT2D eigenvalue weighted by Crippen LogP contribution is -2.28. The van der Waals surface area contributed by atoms with Crippen molar-refractivity contribution in [3.63, 3.8) is 0 Å². The molecule has 0 saturated heterocycles. The minimum absolute atomic E-state index is 0.115. The van der Waals surface area contributed by atoms with Crippen molar-refractivity contribution in [3.05, 3.63) is 70.3 Å². The van der Waals surface area contributed by atoms with Crippen molar-refractivity contribution in [2.24, 2.45) is 0 Å². The molecular weight excluding hydrogens is 344 g/mol. The first kappa shape index (κ1) is 18.6. The van der Waals surface area contributed by atoms with Gasteiger partial charge >= 0.3 is 5.63 Å². The zero-order chi connectivity index (χ0) is 19.1. The molecule has 0 bridgehead atoms. The quantitative estimate of drug-likeness (QED) is 0.619. The van der Waals surface area contributed by atoms with Crippen LogP contribution < -0.4 is 15.7 Å². The lowest BCUT2D eigenvalue weighted by Gasteiger charge is -2.09. The standard InChI is InChI=1S/C21H22N2O4/c1-2-3-4-16-11-21(25)27-19-12-17(5-6-18(16)19)26-14-20(24)23-13-15-7-9-22-10-8-15/h5-12H,2-4,13-14H2,1H3,(H,23,24). The summed E-state index contributed by atoms with van der Waals surface area (Å²) in [6.45, 7) is 2.41. The molecular formula is C21H22N2O4. The molecule has 1 aromatic carbocycles.